The van der Waals surface area contributed by atoms with Crippen LogP contribution in [0.15, 0.2) is 0 Å². The summed E-state index contributed by atoms with van der Waals surface area (Å²) in [5.41, 5.74) is 5.63. The number of hydrogen-bond acceptors (Lipinski definition) is 4. The van der Waals surface area contributed by atoms with Crippen molar-refractivity contribution in [3.05, 3.63) is 0 Å². The Balaban J connectivity index is 1.91. The first kappa shape index (κ1) is 11.8. The first-order chi connectivity index (χ1) is 7.72. The lowest BCUT2D eigenvalue weighted by Gasteiger charge is -2.39. The first-order valence-electron chi connectivity index (χ1n) is 6.03. The van der Waals surface area contributed by atoms with Gasteiger partial charge in [0.05, 0.1) is 6.10 Å². The summed E-state index contributed by atoms with van der Waals surface area (Å²) >= 11 is 0. The molecular weight excluding hydrogens is 206 g/mol. The molecule has 2 heterocycles. The normalized spacial score (nSPS) is 32.4. The molecule has 0 radical (unpaired) electrons. The lowest BCUT2D eigenvalue weighted by atomic mass is 10.1. The van der Waals surface area contributed by atoms with Gasteiger partial charge in [-0.25, -0.2) is 0 Å². The molecule has 0 saturated carbocycles. The number of nitrogens with zero attached hydrogens (tertiary/aromatic N) is 2. The fraction of sp³-hybridized carbons (Fsp3) is 0.909. The van der Waals surface area contributed by atoms with Crippen molar-refractivity contribution >= 4 is 5.91 Å². The molecule has 0 aliphatic carbocycles. The van der Waals surface area contributed by atoms with E-state index in [4.69, 9.17) is 10.5 Å². The lowest BCUT2D eigenvalue weighted by Crippen LogP contribution is -2.59. The van der Waals surface area contributed by atoms with E-state index < -0.39 is 0 Å². The number of rotatable bonds is 3. The van der Waals surface area contributed by atoms with Gasteiger partial charge in [0.15, 0.2) is 0 Å². The number of piperazine rings is 1. The van der Waals surface area contributed by atoms with Gasteiger partial charge in [0, 0.05) is 32.8 Å². The van der Waals surface area contributed by atoms with E-state index in [1.165, 1.54) is 0 Å². The van der Waals surface area contributed by atoms with Crippen LogP contribution in [0.5, 0.6) is 0 Å². The van der Waals surface area contributed by atoms with E-state index in [0.29, 0.717) is 6.54 Å². The van der Waals surface area contributed by atoms with Crippen molar-refractivity contribution in [2.75, 3.05) is 39.8 Å². The topological polar surface area (TPSA) is 58.8 Å². The molecule has 2 rings (SSSR count). The average Bonchev–Trinajstić information content (AvgIpc) is 2.76. The zero-order chi connectivity index (χ0) is 11.5. The minimum Gasteiger partial charge on any atom is -0.376 e. The maximum Gasteiger partial charge on any atom is 0.241 e. The Kier molecular flexibility index (Phi) is 3.78. The van der Waals surface area contributed by atoms with Crippen LogP contribution in [0.25, 0.3) is 0 Å². The zero-order valence-electron chi connectivity index (χ0n) is 9.89. The fourth-order valence-electron chi connectivity index (χ4n) is 2.44. The van der Waals surface area contributed by atoms with Crippen molar-refractivity contribution in [1.29, 1.82) is 0 Å². The molecular formula is C11H21N3O2. The molecule has 92 valence electrons. The molecule has 0 aromatic heterocycles. The quantitative estimate of drug-likeness (QED) is 0.690. The zero-order valence-corrected chi connectivity index (χ0v) is 9.89. The van der Waals surface area contributed by atoms with Crippen LogP contribution in [0, 0.1) is 0 Å². The molecule has 0 aromatic carbocycles. The molecule has 0 bridgehead atoms. The molecule has 5 nitrogen and oxygen atoms in total. The van der Waals surface area contributed by atoms with Crippen LogP contribution in [0.2, 0.25) is 0 Å². The monoisotopic (exact) mass is 227 g/mol. The smallest absolute Gasteiger partial charge is 0.241 e. The highest BCUT2D eigenvalue weighted by atomic mass is 16.5. The van der Waals surface area contributed by atoms with Gasteiger partial charge in [-0.05, 0) is 19.9 Å². The van der Waals surface area contributed by atoms with Gasteiger partial charge in [-0.15, -0.1) is 0 Å². The van der Waals surface area contributed by atoms with Crippen LogP contribution >= 0.6 is 0 Å². The van der Waals surface area contributed by atoms with E-state index in [0.717, 1.165) is 39.1 Å². The van der Waals surface area contributed by atoms with Crippen molar-refractivity contribution in [1.82, 2.24) is 9.80 Å². The fourth-order valence-corrected chi connectivity index (χ4v) is 2.44. The minimum absolute atomic E-state index is 0.143. The molecule has 2 aliphatic rings. The predicted octanol–water partition coefficient (Wildman–Crippen LogP) is -0.733. The summed E-state index contributed by atoms with van der Waals surface area (Å²) in [6.07, 6.45) is 2.44. The van der Waals surface area contributed by atoms with Gasteiger partial charge in [-0.3, -0.25) is 9.69 Å². The molecule has 5 heteroatoms. The Morgan fingerprint density at radius 2 is 2.31 bits per heavy atom. The third-order valence-corrected chi connectivity index (χ3v) is 3.52. The molecule has 2 N–H and O–H groups in total. The Labute approximate surface area is 96.5 Å². The Hall–Kier alpha value is -0.650. The second kappa shape index (κ2) is 5.12. The molecule has 2 saturated heterocycles. The third kappa shape index (κ3) is 2.36. The second-order valence-electron chi connectivity index (χ2n) is 4.65. The summed E-state index contributed by atoms with van der Waals surface area (Å²) < 4.78 is 5.56. The Bertz CT molecular complexity index is 254. The minimum atomic E-state index is -0.143. The summed E-state index contributed by atoms with van der Waals surface area (Å²) in [4.78, 5) is 16.0. The molecule has 2 unspecified atom stereocenters. The number of ether oxygens (including phenoxy) is 1. The molecule has 16 heavy (non-hydrogen) atoms. The van der Waals surface area contributed by atoms with E-state index in [1.807, 2.05) is 16.8 Å². The summed E-state index contributed by atoms with van der Waals surface area (Å²) in [5.74, 6) is 0.159. The predicted molar refractivity (Wildman–Crippen MR) is 61.0 cm³/mol. The maximum atomic E-state index is 12.1. The van der Waals surface area contributed by atoms with Gasteiger partial charge in [0.1, 0.15) is 6.04 Å². The van der Waals surface area contributed by atoms with Gasteiger partial charge in [0.25, 0.3) is 0 Å². The molecule has 2 atom stereocenters. The van der Waals surface area contributed by atoms with Crippen LogP contribution in [-0.4, -0.2) is 67.7 Å². The van der Waals surface area contributed by atoms with Crippen molar-refractivity contribution in [3.8, 4) is 0 Å². The Morgan fingerprint density at radius 3 is 2.94 bits per heavy atom. The maximum absolute atomic E-state index is 12.1. The van der Waals surface area contributed by atoms with E-state index in [-0.39, 0.29) is 18.1 Å². The van der Waals surface area contributed by atoms with Gasteiger partial charge in [0.2, 0.25) is 5.91 Å². The van der Waals surface area contributed by atoms with Crippen LogP contribution in [0.4, 0.5) is 0 Å². The average molecular weight is 227 g/mol. The summed E-state index contributed by atoms with van der Waals surface area (Å²) in [5, 5.41) is 0. The summed E-state index contributed by atoms with van der Waals surface area (Å²) in [6.45, 7) is 3.68. The molecule has 2 fully saturated rings. The molecule has 0 aromatic rings. The lowest BCUT2D eigenvalue weighted by molar-refractivity contribution is -0.142. The number of hydrogen-bond donors (Lipinski definition) is 1. The van der Waals surface area contributed by atoms with Crippen molar-refractivity contribution in [2.24, 2.45) is 5.73 Å². The van der Waals surface area contributed by atoms with E-state index >= 15 is 0 Å². The number of amides is 1. The van der Waals surface area contributed by atoms with E-state index in [2.05, 4.69) is 0 Å². The second-order valence-corrected chi connectivity index (χ2v) is 4.65. The number of nitrogens with two attached hydrogens (primary N) is 1. The standard InChI is InChI=1S/C11H21N3O2/c1-13-4-5-14(11(15)10(13)7-12)8-9-3-2-6-16-9/h9-10H,2-8,12H2,1H3. The summed E-state index contributed by atoms with van der Waals surface area (Å²) in [7, 11) is 1.96. The van der Waals surface area contributed by atoms with Crippen molar-refractivity contribution in [3.63, 3.8) is 0 Å². The van der Waals surface area contributed by atoms with E-state index in [9.17, 15) is 4.79 Å². The van der Waals surface area contributed by atoms with Gasteiger partial charge >= 0.3 is 0 Å². The van der Waals surface area contributed by atoms with E-state index in [1.54, 1.807) is 0 Å². The van der Waals surface area contributed by atoms with Crippen molar-refractivity contribution in [2.45, 2.75) is 25.0 Å². The number of likely N-dealkylation sites (N-methyl/N-ethyl adjacent to an activating group) is 1. The number of carbonyl (C=O) groups is 1. The van der Waals surface area contributed by atoms with Crippen molar-refractivity contribution < 1.29 is 9.53 Å². The Morgan fingerprint density at radius 1 is 1.50 bits per heavy atom. The third-order valence-electron chi connectivity index (χ3n) is 3.52. The highest BCUT2D eigenvalue weighted by molar-refractivity contribution is 5.82. The summed E-state index contributed by atoms with van der Waals surface area (Å²) in [6, 6.07) is -0.143. The van der Waals surface area contributed by atoms with Gasteiger partial charge < -0.3 is 15.4 Å². The largest absolute Gasteiger partial charge is 0.376 e. The molecule has 0 spiro atoms. The van der Waals surface area contributed by atoms with Gasteiger partial charge in [-0.1, -0.05) is 0 Å². The van der Waals surface area contributed by atoms with Crippen LogP contribution in [0.3, 0.4) is 0 Å². The first-order valence-corrected chi connectivity index (χ1v) is 6.03. The highest BCUT2D eigenvalue weighted by Crippen LogP contribution is 2.16. The molecule has 2 aliphatic heterocycles. The van der Waals surface area contributed by atoms with Crippen LogP contribution in [0.1, 0.15) is 12.8 Å². The van der Waals surface area contributed by atoms with Gasteiger partial charge in [-0.2, -0.15) is 0 Å². The molecule has 1 amide bonds. The van der Waals surface area contributed by atoms with Crippen LogP contribution in [-0.2, 0) is 9.53 Å². The van der Waals surface area contributed by atoms with Crippen LogP contribution < -0.4 is 5.73 Å². The number of carbonyl (C=O) groups excluding carboxylic acids is 1. The SMILES string of the molecule is CN1CCN(CC2CCCO2)C(=O)C1CN. The highest BCUT2D eigenvalue weighted by Gasteiger charge is 2.33.